The summed E-state index contributed by atoms with van der Waals surface area (Å²) in [5.74, 6) is -1.02. The van der Waals surface area contributed by atoms with Gasteiger partial charge >= 0.3 is 5.97 Å². The second-order valence-electron chi connectivity index (χ2n) is 3.35. The Kier molecular flexibility index (Phi) is 4.51. The Morgan fingerprint density at radius 1 is 1.40 bits per heavy atom. The minimum atomic E-state index is -0.894. The standard InChI is InChI=1S/C9H16N2O4/c1-8(12)11(3-2-9(13)14)10-4-6-15-7-5-10/h2-7H2,1H3,(H,13,14). The van der Waals surface area contributed by atoms with Crippen LogP contribution in [-0.2, 0) is 14.3 Å². The van der Waals surface area contributed by atoms with E-state index in [0.717, 1.165) is 0 Å². The predicted molar refractivity (Wildman–Crippen MR) is 52.0 cm³/mol. The molecule has 15 heavy (non-hydrogen) atoms. The molecule has 0 aromatic rings. The summed E-state index contributed by atoms with van der Waals surface area (Å²) < 4.78 is 5.16. The molecule has 1 heterocycles. The van der Waals surface area contributed by atoms with Gasteiger partial charge in [0.05, 0.1) is 19.6 Å². The highest BCUT2D eigenvalue weighted by Crippen LogP contribution is 2.04. The highest BCUT2D eigenvalue weighted by Gasteiger charge is 2.21. The monoisotopic (exact) mass is 216 g/mol. The Labute approximate surface area is 88.4 Å². The number of hydrogen-bond acceptors (Lipinski definition) is 4. The molecule has 0 saturated carbocycles. The molecule has 1 saturated heterocycles. The van der Waals surface area contributed by atoms with E-state index in [-0.39, 0.29) is 18.9 Å². The second-order valence-corrected chi connectivity index (χ2v) is 3.35. The number of morpholine rings is 1. The molecule has 0 unspecified atom stereocenters. The zero-order valence-electron chi connectivity index (χ0n) is 8.81. The van der Waals surface area contributed by atoms with E-state index in [1.807, 2.05) is 5.01 Å². The Morgan fingerprint density at radius 2 is 2.00 bits per heavy atom. The van der Waals surface area contributed by atoms with Crippen molar-refractivity contribution in [3.8, 4) is 0 Å². The van der Waals surface area contributed by atoms with E-state index in [4.69, 9.17) is 9.84 Å². The second kappa shape index (κ2) is 5.67. The Hall–Kier alpha value is -1.14. The fourth-order valence-electron chi connectivity index (χ4n) is 1.49. The summed E-state index contributed by atoms with van der Waals surface area (Å²) in [6.07, 6.45) is -0.0308. The normalized spacial score (nSPS) is 17.4. The molecular formula is C9H16N2O4. The van der Waals surface area contributed by atoms with Crippen molar-refractivity contribution in [1.29, 1.82) is 0 Å². The summed E-state index contributed by atoms with van der Waals surface area (Å²) in [4.78, 5) is 21.7. The summed E-state index contributed by atoms with van der Waals surface area (Å²) in [6.45, 7) is 4.11. The minimum Gasteiger partial charge on any atom is -0.481 e. The number of carbonyl (C=O) groups is 2. The smallest absolute Gasteiger partial charge is 0.305 e. The first-order valence-corrected chi connectivity index (χ1v) is 4.94. The molecule has 0 radical (unpaired) electrons. The molecule has 86 valence electrons. The highest BCUT2D eigenvalue weighted by molar-refractivity contribution is 5.74. The maximum absolute atomic E-state index is 11.3. The predicted octanol–water partition coefficient (Wildman–Crippen LogP) is -0.443. The van der Waals surface area contributed by atoms with Crippen LogP contribution in [0.2, 0.25) is 0 Å². The average molecular weight is 216 g/mol. The topological polar surface area (TPSA) is 70.1 Å². The molecule has 1 fully saturated rings. The highest BCUT2D eigenvalue weighted by atomic mass is 16.5. The van der Waals surface area contributed by atoms with Gasteiger partial charge in [-0.1, -0.05) is 0 Å². The number of rotatable bonds is 4. The number of amides is 1. The van der Waals surface area contributed by atoms with E-state index in [0.29, 0.717) is 26.3 Å². The van der Waals surface area contributed by atoms with Crippen molar-refractivity contribution in [2.24, 2.45) is 0 Å². The number of carbonyl (C=O) groups excluding carboxylic acids is 1. The zero-order valence-corrected chi connectivity index (χ0v) is 8.81. The number of carboxylic acid groups (broad SMARTS) is 1. The van der Waals surface area contributed by atoms with Gasteiger partial charge in [-0.3, -0.25) is 14.6 Å². The maximum Gasteiger partial charge on any atom is 0.305 e. The van der Waals surface area contributed by atoms with Gasteiger partial charge in [0.2, 0.25) is 5.91 Å². The van der Waals surface area contributed by atoms with Gasteiger partial charge in [-0.2, -0.15) is 0 Å². The summed E-state index contributed by atoms with van der Waals surface area (Å²) in [5.41, 5.74) is 0. The summed E-state index contributed by atoms with van der Waals surface area (Å²) in [6, 6.07) is 0. The van der Waals surface area contributed by atoms with Crippen molar-refractivity contribution >= 4 is 11.9 Å². The molecule has 1 N–H and O–H groups in total. The van der Waals surface area contributed by atoms with Crippen molar-refractivity contribution < 1.29 is 19.4 Å². The van der Waals surface area contributed by atoms with Crippen LogP contribution in [0.25, 0.3) is 0 Å². The first-order valence-electron chi connectivity index (χ1n) is 4.94. The van der Waals surface area contributed by atoms with Gasteiger partial charge < -0.3 is 9.84 Å². The van der Waals surface area contributed by atoms with Crippen LogP contribution in [0.15, 0.2) is 0 Å². The van der Waals surface area contributed by atoms with Gasteiger partial charge in [0.15, 0.2) is 0 Å². The van der Waals surface area contributed by atoms with Crippen molar-refractivity contribution in [3.63, 3.8) is 0 Å². The van der Waals surface area contributed by atoms with E-state index in [1.54, 1.807) is 0 Å². The maximum atomic E-state index is 11.3. The van der Waals surface area contributed by atoms with Crippen LogP contribution in [0.3, 0.4) is 0 Å². The SMILES string of the molecule is CC(=O)N(CCC(=O)O)N1CCOCC1. The third-order valence-corrected chi connectivity index (χ3v) is 2.23. The third-order valence-electron chi connectivity index (χ3n) is 2.23. The van der Waals surface area contributed by atoms with Crippen molar-refractivity contribution in [2.75, 3.05) is 32.8 Å². The van der Waals surface area contributed by atoms with E-state index in [2.05, 4.69) is 0 Å². The van der Waals surface area contributed by atoms with Crippen LogP contribution in [0, 0.1) is 0 Å². The molecule has 1 aliphatic heterocycles. The lowest BCUT2D eigenvalue weighted by molar-refractivity contribution is -0.156. The Morgan fingerprint density at radius 3 is 2.47 bits per heavy atom. The fourth-order valence-corrected chi connectivity index (χ4v) is 1.49. The van der Waals surface area contributed by atoms with Crippen molar-refractivity contribution in [1.82, 2.24) is 10.0 Å². The lowest BCUT2D eigenvalue weighted by atomic mass is 10.4. The molecule has 1 amide bonds. The molecule has 1 aliphatic rings. The summed E-state index contributed by atoms with van der Waals surface area (Å²) in [7, 11) is 0. The van der Waals surface area contributed by atoms with Gasteiger partial charge in [-0.15, -0.1) is 0 Å². The summed E-state index contributed by atoms with van der Waals surface area (Å²) >= 11 is 0. The van der Waals surface area contributed by atoms with Gasteiger partial charge in [-0.05, 0) is 0 Å². The molecular weight excluding hydrogens is 200 g/mol. The molecule has 0 aliphatic carbocycles. The minimum absolute atomic E-state index is 0.0308. The molecule has 1 rings (SSSR count). The number of hydrogen-bond donors (Lipinski definition) is 1. The van der Waals surface area contributed by atoms with E-state index < -0.39 is 5.97 Å². The van der Waals surface area contributed by atoms with Gasteiger partial charge in [0.1, 0.15) is 0 Å². The molecule has 0 spiro atoms. The number of ether oxygens (including phenoxy) is 1. The Bertz CT molecular complexity index is 238. The van der Waals surface area contributed by atoms with E-state index >= 15 is 0 Å². The van der Waals surface area contributed by atoms with Gasteiger partial charge in [0, 0.05) is 26.6 Å². The summed E-state index contributed by atoms with van der Waals surface area (Å²) in [5, 5.41) is 11.9. The van der Waals surface area contributed by atoms with Crippen molar-refractivity contribution in [3.05, 3.63) is 0 Å². The van der Waals surface area contributed by atoms with Crippen LogP contribution in [0.1, 0.15) is 13.3 Å². The van der Waals surface area contributed by atoms with Crippen LogP contribution in [-0.4, -0.2) is 59.8 Å². The number of hydrazine groups is 1. The van der Waals surface area contributed by atoms with Crippen molar-refractivity contribution in [2.45, 2.75) is 13.3 Å². The molecule has 6 nitrogen and oxygen atoms in total. The van der Waals surface area contributed by atoms with E-state index in [1.165, 1.54) is 11.9 Å². The Balaban J connectivity index is 2.48. The number of aliphatic carboxylic acids is 1. The lowest BCUT2D eigenvalue weighted by Gasteiger charge is -2.36. The molecule has 0 aromatic carbocycles. The van der Waals surface area contributed by atoms with Crippen LogP contribution < -0.4 is 0 Å². The number of carboxylic acids is 1. The molecule has 0 aromatic heterocycles. The quantitative estimate of drug-likeness (QED) is 0.689. The van der Waals surface area contributed by atoms with E-state index in [9.17, 15) is 9.59 Å². The number of nitrogens with zero attached hydrogens (tertiary/aromatic N) is 2. The molecule has 6 heteroatoms. The van der Waals surface area contributed by atoms with Gasteiger partial charge in [0.25, 0.3) is 0 Å². The fraction of sp³-hybridized carbons (Fsp3) is 0.778. The zero-order chi connectivity index (χ0) is 11.3. The first kappa shape index (κ1) is 11.9. The first-order chi connectivity index (χ1) is 7.11. The lowest BCUT2D eigenvalue weighted by Crippen LogP contribution is -2.51. The largest absolute Gasteiger partial charge is 0.481 e. The average Bonchev–Trinajstić information content (AvgIpc) is 2.18. The van der Waals surface area contributed by atoms with Crippen LogP contribution >= 0.6 is 0 Å². The third kappa shape index (κ3) is 3.85. The molecule has 0 bridgehead atoms. The van der Waals surface area contributed by atoms with Crippen LogP contribution in [0.4, 0.5) is 0 Å². The van der Waals surface area contributed by atoms with Crippen LogP contribution in [0.5, 0.6) is 0 Å². The molecule has 0 atom stereocenters. The van der Waals surface area contributed by atoms with Gasteiger partial charge in [-0.25, -0.2) is 5.01 Å².